The van der Waals surface area contributed by atoms with E-state index in [9.17, 15) is 18.5 Å². The molecule has 0 amide bonds. The molecule has 0 aliphatic heterocycles. The van der Waals surface area contributed by atoms with Crippen LogP contribution in [0.1, 0.15) is 11.1 Å². The predicted octanol–water partition coefficient (Wildman–Crippen LogP) is 2.22. The van der Waals surface area contributed by atoms with Gasteiger partial charge in [0.05, 0.1) is 23.1 Å². The molecule has 0 saturated heterocycles. The molecule has 0 spiro atoms. The fourth-order valence-electron chi connectivity index (χ4n) is 1.94. The van der Waals surface area contributed by atoms with Crippen molar-refractivity contribution in [3.8, 4) is 5.75 Å². The zero-order chi connectivity index (χ0) is 17.7. The number of nitro groups is 1. The fraction of sp³-hybridized carbons (Fsp3) is 0.133. The Morgan fingerprint density at radius 3 is 2.62 bits per heavy atom. The van der Waals surface area contributed by atoms with E-state index in [0.29, 0.717) is 16.9 Å². The lowest BCUT2D eigenvalue weighted by Gasteiger charge is -2.05. The van der Waals surface area contributed by atoms with Crippen LogP contribution in [0, 0.1) is 17.0 Å². The second-order valence-electron chi connectivity index (χ2n) is 4.80. The van der Waals surface area contributed by atoms with E-state index >= 15 is 0 Å². The van der Waals surface area contributed by atoms with Gasteiger partial charge in [-0.2, -0.15) is 13.5 Å². The van der Waals surface area contributed by atoms with E-state index < -0.39 is 14.9 Å². The summed E-state index contributed by atoms with van der Waals surface area (Å²) in [4.78, 5) is 12.1. The minimum absolute atomic E-state index is 0.239. The molecule has 8 nitrogen and oxygen atoms in total. The summed E-state index contributed by atoms with van der Waals surface area (Å²) < 4.78 is 29.5. The van der Waals surface area contributed by atoms with Crippen LogP contribution >= 0.6 is 0 Å². The van der Waals surface area contributed by atoms with Gasteiger partial charge >= 0.3 is 0 Å². The molecule has 0 radical (unpaired) electrons. The number of ether oxygens (including phenoxy) is 1. The highest BCUT2D eigenvalue weighted by molar-refractivity contribution is 7.89. The van der Waals surface area contributed by atoms with Crippen molar-refractivity contribution in [2.75, 3.05) is 7.11 Å². The minimum Gasteiger partial charge on any atom is -0.496 e. The molecule has 0 fully saturated rings. The average molecular weight is 349 g/mol. The van der Waals surface area contributed by atoms with Crippen molar-refractivity contribution < 1.29 is 18.1 Å². The molecular weight excluding hydrogens is 334 g/mol. The van der Waals surface area contributed by atoms with Gasteiger partial charge in [0.25, 0.3) is 15.7 Å². The van der Waals surface area contributed by atoms with Crippen molar-refractivity contribution in [2.24, 2.45) is 5.10 Å². The molecule has 0 bridgehead atoms. The summed E-state index contributed by atoms with van der Waals surface area (Å²) in [5.74, 6) is 0.534. The molecule has 0 atom stereocenters. The predicted molar refractivity (Wildman–Crippen MR) is 88.7 cm³/mol. The van der Waals surface area contributed by atoms with E-state index in [1.165, 1.54) is 32.4 Å². The molecule has 0 saturated carbocycles. The van der Waals surface area contributed by atoms with Crippen LogP contribution in [0.2, 0.25) is 0 Å². The number of para-hydroxylation sites is 1. The van der Waals surface area contributed by atoms with Gasteiger partial charge in [0.1, 0.15) is 5.75 Å². The third kappa shape index (κ3) is 3.87. The molecule has 2 aromatic carbocycles. The van der Waals surface area contributed by atoms with Gasteiger partial charge in [-0.05, 0) is 25.1 Å². The number of benzene rings is 2. The third-order valence-corrected chi connectivity index (χ3v) is 4.42. The van der Waals surface area contributed by atoms with Crippen LogP contribution in [-0.2, 0) is 10.0 Å². The Hall–Kier alpha value is -2.94. The maximum atomic E-state index is 12.2. The number of methoxy groups -OCH3 is 1. The van der Waals surface area contributed by atoms with Crippen LogP contribution in [0.3, 0.4) is 0 Å². The summed E-state index contributed by atoms with van der Waals surface area (Å²) in [6.45, 7) is 1.53. The molecule has 1 N–H and O–H groups in total. The van der Waals surface area contributed by atoms with Gasteiger partial charge in [-0.1, -0.05) is 18.2 Å². The number of aryl methyl sites for hydroxylation is 1. The standard InChI is InChI=1S/C15H15N3O5S/c1-11-7-8-13(9-14(11)18(19)20)24(21,22)17-16-10-12-5-3-4-6-15(12)23-2/h3-10,17H,1-2H3. The van der Waals surface area contributed by atoms with Gasteiger partial charge in [0, 0.05) is 17.2 Å². The molecule has 0 aliphatic carbocycles. The summed E-state index contributed by atoms with van der Waals surface area (Å²) >= 11 is 0. The Bertz CT molecular complexity index is 894. The first-order chi connectivity index (χ1) is 11.3. The second kappa shape index (κ2) is 7.09. The summed E-state index contributed by atoms with van der Waals surface area (Å²) in [7, 11) is -2.53. The van der Waals surface area contributed by atoms with Crippen LogP contribution in [0.4, 0.5) is 5.69 Å². The quantitative estimate of drug-likeness (QED) is 0.488. The first kappa shape index (κ1) is 17.4. The molecule has 2 rings (SSSR count). The van der Waals surface area contributed by atoms with Crippen molar-refractivity contribution in [3.63, 3.8) is 0 Å². The first-order valence-electron chi connectivity index (χ1n) is 6.78. The highest BCUT2D eigenvalue weighted by Crippen LogP contribution is 2.22. The average Bonchev–Trinajstić information content (AvgIpc) is 2.55. The lowest BCUT2D eigenvalue weighted by atomic mass is 10.2. The Labute approximate surface area is 139 Å². The normalized spacial score (nSPS) is 11.4. The highest BCUT2D eigenvalue weighted by atomic mass is 32.2. The van der Waals surface area contributed by atoms with Crippen molar-refractivity contribution in [3.05, 3.63) is 63.7 Å². The Morgan fingerprint density at radius 1 is 1.25 bits per heavy atom. The van der Waals surface area contributed by atoms with Gasteiger partial charge in [-0.15, -0.1) is 0 Å². The number of sulfonamides is 1. The fourth-order valence-corrected chi connectivity index (χ4v) is 2.75. The van der Waals surface area contributed by atoms with Crippen molar-refractivity contribution in [1.82, 2.24) is 4.83 Å². The zero-order valence-corrected chi connectivity index (χ0v) is 13.8. The molecule has 24 heavy (non-hydrogen) atoms. The first-order valence-corrected chi connectivity index (χ1v) is 8.26. The Morgan fingerprint density at radius 2 is 1.96 bits per heavy atom. The van der Waals surface area contributed by atoms with E-state index in [0.717, 1.165) is 6.07 Å². The second-order valence-corrected chi connectivity index (χ2v) is 6.46. The molecule has 2 aromatic rings. The van der Waals surface area contributed by atoms with Gasteiger partial charge in [0.15, 0.2) is 0 Å². The highest BCUT2D eigenvalue weighted by Gasteiger charge is 2.19. The van der Waals surface area contributed by atoms with Crippen molar-refractivity contribution in [2.45, 2.75) is 11.8 Å². The van der Waals surface area contributed by atoms with Crippen LogP contribution in [0.15, 0.2) is 52.5 Å². The molecule has 0 aliphatic rings. The molecule has 0 unspecified atom stereocenters. The van der Waals surface area contributed by atoms with Gasteiger partial charge in [-0.3, -0.25) is 10.1 Å². The molecule has 126 valence electrons. The number of hydrogen-bond donors (Lipinski definition) is 1. The summed E-state index contributed by atoms with van der Waals surface area (Å²) in [5.41, 5.74) is 0.681. The lowest BCUT2D eigenvalue weighted by Crippen LogP contribution is -2.18. The molecule has 0 heterocycles. The monoisotopic (exact) mass is 349 g/mol. The van der Waals surface area contributed by atoms with E-state index in [1.54, 1.807) is 24.3 Å². The number of nitrogens with one attached hydrogen (secondary N) is 1. The van der Waals surface area contributed by atoms with Crippen molar-refractivity contribution in [1.29, 1.82) is 0 Å². The van der Waals surface area contributed by atoms with Gasteiger partial charge in [-0.25, -0.2) is 4.83 Å². The number of rotatable bonds is 6. The summed E-state index contributed by atoms with van der Waals surface area (Å²) in [6.07, 6.45) is 1.29. The number of nitrogens with zero attached hydrogens (tertiary/aromatic N) is 2. The van der Waals surface area contributed by atoms with Crippen LogP contribution in [-0.4, -0.2) is 26.7 Å². The van der Waals surface area contributed by atoms with E-state index in [4.69, 9.17) is 4.74 Å². The Balaban J connectivity index is 2.24. The van der Waals surface area contributed by atoms with Gasteiger partial charge in [0.2, 0.25) is 0 Å². The number of hydrogen-bond acceptors (Lipinski definition) is 6. The maximum Gasteiger partial charge on any atom is 0.276 e. The van der Waals surface area contributed by atoms with E-state index in [2.05, 4.69) is 5.10 Å². The molecular formula is C15H15N3O5S. The van der Waals surface area contributed by atoms with Gasteiger partial charge < -0.3 is 4.74 Å². The zero-order valence-electron chi connectivity index (χ0n) is 13.0. The van der Waals surface area contributed by atoms with Crippen LogP contribution in [0.25, 0.3) is 0 Å². The minimum atomic E-state index is -4.02. The topological polar surface area (TPSA) is 111 Å². The lowest BCUT2D eigenvalue weighted by molar-refractivity contribution is -0.385. The van der Waals surface area contributed by atoms with E-state index in [-0.39, 0.29) is 10.6 Å². The Kier molecular flexibility index (Phi) is 5.14. The largest absolute Gasteiger partial charge is 0.496 e. The number of hydrazone groups is 1. The third-order valence-electron chi connectivity index (χ3n) is 3.20. The summed E-state index contributed by atoms with van der Waals surface area (Å²) in [5, 5.41) is 14.6. The van der Waals surface area contributed by atoms with E-state index in [1.807, 2.05) is 4.83 Å². The van der Waals surface area contributed by atoms with Crippen LogP contribution in [0.5, 0.6) is 5.75 Å². The van der Waals surface area contributed by atoms with Crippen LogP contribution < -0.4 is 9.57 Å². The summed E-state index contributed by atoms with van der Waals surface area (Å²) in [6, 6.07) is 10.6. The SMILES string of the molecule is COc1ccccc1C=NNS(=O)(=O)c1ccc(C)c([N+](=O)[O-])c1. The maximum absolute atomic E-state index is 12.2. The molecule has 9 heteroatoms. The van der Waals surface area contributed by atoms with Crippen molar-refractivity contribution >= 4 is 21.9 Å². The smallest absolute Gasteiger partial charge is 0.276 e. The molecule has 0 aromatic heterocycles. The number of nitro benzene ring substituents is 1.